The molecule has 0 fully saturated rings. The number of nitrogens with zero attached hydrogens (tertiary/aromatic N) is 1. The summed E-state index contributed by atoms with van der Waals surface area (Å²) >= 11 is 0. The van der Waals surface area contributed by atoms with Gasteiger partial charge in [-0.2, -0.15) is 0 Å². The van der Waals surface area contributed by atoms with Gasteiger partial charge in [0.25, 0.3) is 0 Å². The van der Waals surface area contributed by atoms with Crippen LogP contribution in [0.5, 0.6) is 0 Å². The van der Waals surface area contributed by atoms with Gasteiger partial charge in [-0.3, -0.25) is 0 Å². The average Bonchev–Trinajstić information content (AvgIpc) is 3.35. The molecule has 2 nitrogen and oxygen atoms in total. The maximum Gasteiger partial charge on any atom is 0.137 e. The first kappa shape index (κ1) is 20.1. The van der Waals surface area contributed by atoms with Crippen LogP contribution >= 0.6 is 0 Å². The summed E-state index contributed by atoms with van der Waals surface area (Å²) in [6.45, 7) is 0. The summed E-state index contributed by atoms with van der Waals surface area (Å²) in [6.07, 6.45) is 0. The minimum atomic E-state index is 0.860. The molecule has 0 bridgehead atoms. The van der Waals surface area contributed by atoms with Crippen molar-refractivity contribution in [3.05, 3.63) is 140 Å². The van der Waals surface area contributed by atoms with Gasteiger partial charge in [0, 0.05) is 22.3 Å². The van der Waals surface area contributed by atoms with Crippen molar-refractivity contribution in [3.63, 3.8) is 0 Å². The highest BCUT2D eigenvalue weighted by atomic mass is 16.3. The fourth-order valence-electron chi connectivity index (χ4n) is 4.43. The second-order valence-electron chi connectivity index (χ2n) is 8.25. The Kier molecular flexibility index (Phi) is 5.17. The molecule has 34 heavy (non-hydrogen) atoms. The maximum absolute atomic E-state index is 6.27. The Morgan fingerprint density at radius 1 is 0.471 bits per heavy atom. The van der Waals surface area contributed by atoms with Crippen LogP contribution in [0, 0.1) is 0 Å². The Morgan fingerprint density at radius 3 is 1.82 bits per heavy atom. The minimum Gasteiger partial charge on any atom is -0.456 e. The van der Waals surface area contributed by atoms with E-state index in [1.54, 1.807) is 0 Å². The molecule has 0 saturated heterocycles. The average molecular weight is 438 g/mol. The van der Waals surface area contributed by atoms with Crippen LogP contribution in [0.3, 0.4) is 0 Å². The number of anilines is 3. The van der Waals surface area contributed by atoms with E-state index < -0.39 is 0 Å². The summed E-state index contributed by atoms with van der Waals surface area (Å²) in [5.41, 5.74) is 7.61. The zero-order valence-corrected chi connectivity index (χ0v) is 18.6. The van der Waals surface area contributed by atoms with Crippen LogP contribution in [0.2, 0.25) is 0 Å². The van der Waals surface area contributed by atoms with Gasteiger partial charge >= 0.3 is 0 Å². The van der Waals surface area contributed by atoms with Crippen LogP contribution in [-0.2, 0) is 0 Å². The third-order valence-corrected chi connectivity index (χ3v) is 6.08. The van der Waals surface area contributed by atoms with E-state index in [4.69, 9.17) is 4.42 Å². The summed E-state index contributed by atoms with van der Waals surface area (Å²) in [6, 6.07) is 48.4. The highest BCUT2D eigenvalue weighted by Gasteiger charge is 2.18. The van der Waals surface area contributed by atoms with Gasteiger partial charge in [0.2, 0.25) is 0 Å². The van der Waals surface area contributed by atoms with Crippen LogP contribution in [0.4, 0.5) is 17.1 Å². The Bertz CT molecular complexity index is 1500. The molecule has 0 radical (unpaired) electrons. The summed E-state index contributed by atoms with van der Waals surface area (Å²) in [5.74, 6) is 0.860. The molecule has 0 aliphatic heterocycles. The first-order chi connectivity index (χ1) is 16.9. The molecule has 0 amide bonds. The number of benzene rings is 5. The van der Waals surface area contributed by atoms with Crippen molar-refractivity contribution >= 4 is 28.0 Å². The Balaban J connectivity index is 1.49. The second-order valence-corrected chi connectivity index (χ2v) is 8.25. The Morgan fingerprint density at radius 2 is 1.06 bits per heavy atom. The van der Waals surface area contributed by atoms with E-state index in [-0.39, 0.29) is 0 Å². The Labute approximate surface area is 199 Å². The number of para-hydroxylation sites is 3. The van der Waals surface area contributed by atoms with Gasteiger partial charge in [-0.1, -0.05) is 91.0 Å². The lowest BCUT2D eigenvalue weighted by atomic mass is 10.0. The van der Waals surface area contributed by atoms with Crippen molar-refractivity contribution in [3.8, 4) is 22.5 Å². The van der Waals surface area contributed by atoms with E-state index in [2.05, 4.69) is 114 Å². The molecule has 0 atom stereocenters. The zero-order valence-electron chi connectivity index (χ0n) is 18.6. The molecule has 2 heteroatoms. The van der Waals surface area contributed by atoms with E-state index in [0.29, 0.717) is 0 Å². The van der Waals surface area contributed by atoms with Crippen LogP contribution in [-0.4, -0.2) is 0 Å². The number of furan rings is 1. The standard InChI is InChI=1S/C32H23NO/c1-3-11-24(12-4-1)25-19-21-28(22-20-25)33(27-14-5-2-6-15-27)30-17-9-8-16-29(30)32-23-26-13-7-10-18-31(26)34-32/h1-23H. The highest BCUT2D eigenvalue weighted by molar-refractivity contribution is 5.90. The van der Waals surface area contributed by atoms with Crippen molar-refractivity contribution in [1.29, 1.82) is 0 Å². The smallest absolute Gasteiger partial charge is 0.137 e. The largest absolute Gasteiger partial charge is 0.456 e. The number of hydrogen-bond acceptors (Lipinski definition) is 2. The third-order valence-electron chi connectivity index (χ3n) is 6.08. The van der Waals surface area contributed by atoms with E-state index in [9.17, 15) is 0 Å². The van der Waals surface area contributed by atoms with Crippen molar-refractivity contribution in [2.45, 2.75) is 0 Å². The van der Waals surface area contributed by atoms with E-state index in [1.165, 1.54) is 11.1 Å². The molecule has 0 spiro atoms. The van der Waals surface area contributed by atoms with Crippen molar-refractivity contribution in [2.24, 2.45) is 0 Å². The molecule has 162 valence electrons. The second kappa shape index (κ2) is 8.76. The molecule has 0 unspecified atom stereocenters. The van der Waals surface area contributed by atoms with Gasteiger partial charge in [-0.25, -0.2) is 0 Å². The zero-order chi connectivity index (χ0) is 22.7. The highest BCUT2D eigenvalue weighted by Crippen LogP contribution is 2.42. The molecule has 1 aromatic heterocycles. The van der Waals surface area contributed by atoms with E-state index >= 15 is 0 Å². The van der Waals surface area contributed by atoms with Gasteiger partial charge < -0.3 is 9.32 Å². The normalized spacial score (nSPS) is 10.9. The molecular weight excluding hydrogens is 414 g/mol. The summed E-state index contributed by atoms with van der Waals surface area (Å²) in [4.78, 5) is 2.29. The van der Waals surface area contributed by atoms with Gasteiger partial charge in [-0.05, 0) is 59.7 Å². The van der Waals surface area contributed by atoms with Gasteiger partial charge in [0.15, 0.2) is 0 Å². The monoisotopic (exact) mass is 437 g/mol. The molecule has 0 aliphatic carbocycles. The van der Waals surface area contributed by atoms with Crippen molar-refractivity contribution in [2.75, 3.05) is 4.90 Å². The van der Waals surface area contributed by atoms with Gasteiger partial charge in [-0.15, -0.1) is 0 Å². The van der Waals surface area contributed by atoms with Crippen LogP contribution in [0.15, 0.2) is 144 Å². The van der Waals surface area contributed by atoms with E-state index in [0.717, 1.165) is 39.4 Å². The Hall–Kier alpha value is -4.56. The van der Waals surface area contributed by atoms with Crippen LogP contribution < -0.4 is 4.90 Å². The fraction of sp³-hybridized carbons (Fsp3) is 0. The molecule has 0 saturated carbocycles. The topological polar surface area (TPSA) is 16.4 Å². The first-order valence-corrected chi connectivity index (χ1v) is 11.5. The van der Waals surface area contributed by atoms with Gasteiger partial charge in [0.1, 0.15) is 11.3 Å². The molecule has 0 aliphatic rings. The number of fused-ring (bicyclic) bond motifs is 1. The molecule has 6 rings (SSSR count). The molecular formula is C32H23NO. The predicted molar refractivity (Wildman–Crippen MR) is 142 cm³/mol. The molecule has 1 heterocycles. The van der Waals surface area contributed by atoms with E-state index in [1.807, 2.05) is 30.3 Å². The molecule has 0 N–H and O–H groups in total. The number of rotatable bonds is 5. The lowest BCUT2D eigenvalue weighted by Gasteiger charge is -2.27. The third kappa shape index (κ3) is 3.76. The lowest BCUT2D eigenvalue weighted by Crippen LogP contribution is -2.10. The summed E-state index contributed by atoms with van der Waals surface area (Å²) < 4.78 is 6.27. The predicted octanol–water partition coefficient (Wildman–Crippen LogP) is 9.24. The molecule has 5 aromatic carbocycles. The molecule has 6 aromatic rings. The quantitative estimate of drug-likeness (QED) is 0.267. The summed E-state index contributed by atoms with van der Waals surface area (Å²) in [5, 5.41) is 1.10. The maximum atomic E-state index is 6.27. The minimum absolute atomic E-state index is 0.860. The van der Waals surface area contributed by atoms with Gasteiger partial charge in [0.05, 0.1) is 5.69 Å². The van der Waals surface area contributed by atoms with Crippen LogP contribution in [0.1, 0.15) is 0 Å². The fourth-order valence-corrected chi connectivity index (χ4v) is 4.43. The first-order valence-electron chi connectivity index (χ1n) is 11.5. The van der Waals surface area contributed by atoms with Crippen LogP contribution in [0.25, 0.3) is 33.4 Å². The SMILES string of the molecule is c1ccc(-c2ccc(N(c3ccccc3)c3ccccc3-c3cc4ccccc4o3)cc2)cc1. The lowest BCUT2D eigenvalue weighted by molar-refractivity contribution is 0.631. The number of hydrogen-bond donors (Lipinski definition) is 0. The van der Waals surface area contributed by atoms with Crippen molar-refractivity contribution in [1.82, 2.24) is 0 Å². The summed E-state index contributed by atoms with van der Waals surface area (Å²) in [7, 11) is 0. The van der Waals surface area contributed by atoms with Crippen molar-refractivity contribution < 1.29 is 4.42 Å².